The number of rotatable bonds is 7. The molecule has 1 aromatic rings. The quantitative estimate of drug-likeness (QED) is 0.723. The maximum atomic E-state index is 12.1. The van der Waals surface area contributed by atoms with Gasteiger partial charge in [0.25, 0.3) is 0 Å². The molecule has 106 valence electrons. The third-order valence-corrected chi connectivity index (χ3v) is 6.28. The predicted octanol–water partition coefficient (Wildman–Crippen LogP) is 2.05. The minimum absolute atomic E-state index is 0.112. The van der Waals surface area contributed by atoms with Gasteiger partial charge >= 0.3 is 5.97 Å². The SMILES string of the molecule is COC(=O)CC1(CS(=O)(=O)CCc2cccs2)CC1. The van der Waals surface area contributed by atoms with E-state index >= 15 is 0 Å². The van der Waals surface area contributed by atoms with Gasteiger partial charge in [-0.25, -0.2) is 8.42 Å². The number of hydrogen-bond acceptors (Lipinski definition) is 5. The first-order valence-corrected chi connectivity index (χ1v) is 8.94. The van der Waals surface area contributed by atoms with Crippen LogP contribution in [-0.4, -0.2) is 33.0 Å². The number of methoxy groups -OCH3 is 1. The molecule has 0 amide bonds. The first kappa shape index (κ1) is 14.5. The molecule has 0 aromatic carbocycles. The van der Waals surface area contributed by atoms with Crippen LogP contribution in [0.5, 0.6) is 0 Å². The van der Waals surface area contributed by atoms with Crippen LogP contribution < -0.4 is 0 Å². The molecular formula is C13H18O4S2. The Morgan fingerprint density at radius 2 is 2.21 bits per heavy atom. The summed E-state index contributed by atoms with van der Waals surface area (Å²) in [7, 11) is -1.77. The van der Waals surface area contributed by atoms with Gasteiger partial charge in [0, 0.05) is 4.88 Å². The average molecular weight is 302 g/mol. The normalized spacial score (nSPS) is 17.1. The van der Waals surface area contributed by atoms with Crippen LogP contribution in [-0.2, 0) is 25.8 Å². The molecule has 1 aromatic heterocycles. The van der Waals surface area contributed by atoms with Gasteiger partial charge in [-0.3, -0.25) is 4.79 Å². The van der Waals surface area contributed by atoms with Crippen molar-refractivity contribution in [3.05, 3.63) is 22.4 Å². The Morgan fingerprint density at radius 1 is 1.47 bits per heavy atom. The summed E-state index contributed by atoms with van der Waals surface area (Å²) in [4.78, 5) is 12.4. The van der Waals surface area contributed by atoms with E-state index in [1.165, 1.54) is 7.11 Å². The molecule has 1 saturated carbocycles. The zero-order chi connectivity index (χ0) is 13.9. The highest BCUT2D eigenvalue weighted by molar-refractivity contribution is 7.91. The van der Waals surface area contributed by atoms with Gasteiger partial charge in [-0.05, 0) is 36.1 Å². The lowest BCUT2D eigenvalue weighted by molar-refractivity contribution is -0.141. The molecular weight excluding hydrogens is 284 g/mol. The van der Waals surface area contributed by atoms with Crippen LogP contribution in [0, 0.1) is 5.41 Å². The third kappa shape index (κ3) is 4.31. The molecule has 1 aliphatic rings. The fourth-order valence-corrected chi connectivity index (χ4v) is 5.01. The van der Waals surface area contributed by atoms with E-state index in [1.54, 1.807) is 11.3 Å². The van der Waals surface area contributed by atoms with E-state index in [9.17, 15) is 13.2 Å². The molecule has 0 bridgehead atoms. The maximum absolute atomic E-state index is 12.1. The van der Waals surface area contributed by atoms with Crippen molar-refractivity contribution in [2.24, 2.45) is 5.41 Å². The summed E-state index contributed by atoms with van der Waals surface area (Å²) in [5.41, 5.74) is -0.346. The number of esters is 1. The lowest BCUT2D eigenvalue weighted by Crippen LogP contribution is -2.23. The Kier molecular flexibility index (Phi) is 4.30. The molecule has 1 fully saturated rings. The van der Waals surface area contributed by atoms with Crippen LogP contribution in [0.4, 0.5) is 0 Å². The highest BCUT2D eigenvalue weighted by atomic mass is 32.2. The Bertz CT molecular complexity index is 527. The molecule has 6 heteroatoms. The zero-order valence-electron chi connectivity index (χ0n) is 10.9. The number of hydrogen-bond donors (Lipinski definition) is 0. The highest BCUT2D eigenvalue weighted by Crippen LogP contribution is 2.50. The molecule has 0 spiro atoms. The molecule has 1 aliphatic carbocycles. The molecule has 19 heavy (non-hydrogen) atoms. The van der Waals surface area contributed by atoms with Crippen molar-refractivity contribution in [3.63, 3.8) is 0 Å². The first-order valence-electron chi connectivity index (χ1n) is 6.24. The van der Waals surface area contributed by atoms with Crippen LogP contribution in [0.1, 0.15) is 24.1 Å². The van der Waals surface area contributed by atoms with Crippen molar-refractivity contribution in [3.8, 4) is 0 Å². The summed E-state index contributed by atoms with van der Waals surface area (Å²) < 4.78 is 28.8. The number of carbonyl (C=O) groups is 1. The summed E-state index contributed by atoms with van der Waals surface area (Å²) in [6, 6.07) is 3.87. The van der Waals surface area contributed by atoms with E-state index in [-0.39, 0.29) is 29.3 Å². The summed E-state index contributed by atoms with van der Waals surface area (Å²) in [5, 5.41) is 1.95. The minimum atomic E-state index is -3.11. The molecule has 1 heterocycles. The Balaban J connectivity index is 1.88. The number of aryl methyl sites for hydroxylation is 1. The summed E-state index contributed by atoms with van der Waals surface area (Å²) in [6.07, 6.45) is 2.40. The lowest BCUT2D eigenvalue weighted by atomic mass is 10.1. The standard InChI is InChI=1S/C13H18O4S2/c1-17-12(14)9-13(5-6-13)10-19(15,16)8-4-11-3-2-7-18-11/h2-3,7H,4-6,8-10H2,1H3. The van der Waals surface area contributed by atoms with E-state index in [0.29, 0.717) is 6.42 Å². The van der Waals surface area contributed by atoms with Gasteiger partial charge in [0.2, 0.25) is 0 Å². The van der Waals surface area contributed by atoms with Crippen molar-refractivity contribution < 1.29 is 17.9 Å². The molecule has 0 saturated heterocycles. The summed E-state index contributed by atoms with van der Waals surface area (Å²) in [5.74, 6) is -0.0392. The van der Waals surface area contributed by atoms with Crippen molar-refractivity contribution in [2.75, 3.05) is 18.6 Å². The molecule has 0 aliphatic heterocycles. The number of thiophene rings is 1. The second-order valence-corrected chi connectivity index (χ2v) is 8.39. The van der Waals surface area contributed by atoms with Crippen LogP contribution >= 0.6 is 11.3 Å². The van der Waals surface area contributed by atoms with Crippen LogP contribution in [0.15, 0.2) is 17.5 Å². The molecule has 0 N–H and O–H groups in total. The minimum Gasteiger partial charge on any atom is -0.469 e. The Morgan fingerprint density at radius 3 is 2.74 bits per heavy atom. The zero-order valence-corrected chi connectivity index (χ0v) is 12.6. The second kappa shape index (κ2) is 5.63. The molecule has 4 nitrogen and oxygen atoms in total. The molecule has 0 atom stereocenters. The van der Waals surface area contributed by atoms with Crippen LogP contribution in [0.25, 0.3) is 0 Å². The van der Waals surface area contributed by atoms with E-state index in [1.807, 2.05) is 17.5 Å². The monoisotopic (exact) mass is 302 g/mol. The summed E-state index contributed by atoms with van der Waals surface area (Å²) in [6.45, 7) is 0. The maximum Gasteiger partial charge on any atom is 0.306 e. The predicted molar refractivity (Wildman–Crippen MR) is 75.0 cm³/mol. The smallest absolute Gasteiger partial charge is 0.306 e. The van der Waals surface area contributed by atoms with Gasteiger partial charge < -0.3 is 4.74 Å². The van der Waals surface area contributed by atoms with Gasteiger partial charge in [-0.1, -0.05) is 6.07 Å². The Labute approximate surface area is 117 Å². The van der Waals surface area contributed by atoms with Crippen molar-refractivity contribution in [1.82, 2.24) is 0 Å². The van der Waals surface area contributed by atoms with E-state index in [4.69, 9.17) is 0 Å². The van der Waals surface area contributed by atoms with Gasteiger partial charge in [0.05, 0.1) is 25.0 Å². The largest absolute Gasteiger partial charge is 0.469 e. The number of carbonyl (C=O) groups excluding carboxylic acids is 1. The number of ether oxygens (including phenoxy) is 1. The lowest BCUT2D eigenvalue weighted by Gasteiger charge is -2.13. The van der Waals surface area contributed by atoms with Gasteiger partial charge in [-0.2, -0.15) is 0 Å². The van der Waals surface area contributed by atoms with Crippen molar-refractivity contribution in [2.45, 2.75) is 25.7 Å². The van der Waals surface area contributed by atoms with E-state index in [0.717, 1.165) is 17.7 Å². The fourth-order valence-electron chi connectivity index (χ4n) is 2.18. The second-order valence-electron chi connectivity index (χ2n) is 5.17. The molecule has 0 unspecified atom stereocenters. The van der Waals surface area contributed by atoms with Gasteiger partial charge in [0.15, 0.2) is 9.84 Å². The van der Waals surface area contributed by atoms with Crippen LogP contribution in [0.2, 0.25) is 0 Å². The van der Waals surface area contributed by atoms with Crippen molar-refractivity contribution in [1.29, 1.82) is 0 Å². The van der Waals surface area contributed by atoms with E-state index in [2.05, 4.69) is 4.74 Å². The van der Waals surface area contributed by atoms with Crippen LogP contribution in [0.3, 0.4) is 0 Å². The number of sulfone groups is 1. The van der Waals surface area contributed by atoms with Crippen molar-refractivity contribution >= 4 is 27.1 Å². The summed E-state index contributed by atoms with van der Waals surface area (Å²) >= 11 is 1.57. The average Bonchev–Trinajstić information content (AvgIpc) is 2.90. The first-order chi connectivity index (χ1) is 8.95. The van der Waals surface area contributed by atoms with E-state index < -0.39 is 9.84 Å². The highest BCUT2D eigenvalue weighted by Gasteiger charge is 2.47. The van der Waals surface area contributed by atoms with Gasteiger partial charge in [-0.15, -0.1) is 11.3 Å². The topological polar surface area (TPSA) is 60.4 Å². The third-order valence-electron chi connectivity index (χ3n) is 3.47. The Hall–Kier alpha value is -0.880. The molecule has 0 radical (unpaired) electrons. The van der Waals surface area contributed by atoms with Gasteiger partial charge in [0.1, 0.15) is 0 Å². The fraction of sp³-hybridized carbons (Fsp3) is 0.615. The molecule has 2 rings (SSSR count).